The topological polar surface area (TPSA) is 141 Å². The van der Waals surface area contributed by atoms with Gasteiger partial charge in [-0.1, -0.05) is 0 Å². The van der Waals surface area contributed by atoms with Crippen molar-refractivity contribution in [1.29, 1.82) is 0 Å². The molecule has 1 atom stereocenters. The van der Waals surface area contributed by atoms with Gasteiger partial charge in [0.1, 0.15) is 0 Å². The van der Waals surface area contributed by atoms with Crippen LogP contribution in [0.15, 0.2) is 0 Å². The highest BCUT2D eigenvalue weighted by Gasteiger charge is 2.51. The lowest BCUT2D eigenvalue weighted by atomic mass is 10.2. The molecule has 0 aliphatic rings. The highest BCUT2D eigenvalue weighted by Crippen LogP contribution is 2.51. The van der Waals surface area contributed by atoms with E-state index in [1.54, 1.807) is 0 Å². The Hall–Kier alpha value is -0.460. The third-order valence-corrected chi connectivity index (χ3v) is 2.93. The Morgan fingerprint density at radius 3 is 2.15 bits per heavy atom. The third kappa shape index (κ3) is 2.75. The van der Waals surface area contributed by atoms with E-state index in [2.05, 4.69) is 0 Å². The quantitative estimate of drug-likeness (QED) is 0.356. The first-order chi connectivity index (χ1) is 5.75. The van der Waals surface area contributed by atoms with Crippen LogP contribution in [0.5, 0.6) is 0 Å². The largest absolute Gasteiger partial charge is 0.479 e. The number of hydrogen-bond donors (Lipinski definition) is 5. The second-order valence-corrected chi connectivity index (χ2v) is 4.39. The number of aliphatic carboxylic acids is 1. The smallest absolute Gasteiger partial charge is 0.368 e. The zero-order chi connectivity index (χ0) is 10.7. The fourth-order valence-corrected chi connectivity index (χ4v) is 1.42. The summed E-state index contributed by atoms with van der Waals surface area (Å²) in [4.78, 5) is 27.5. The molecular formula is C5H12NO6P. The van der Waals surface area contributed by atoms with Gasteiger partial charge in [0.15, 0.2) is 0 Å². The molecule has 0 aliphatic heterocycles. The molecule has 78 valence electrons. The van der Waals surface area contributed by atoms with Crippen molar-refractivity contribution in [2.24, 2.45) is 5.73 Å². The molecule has 1 unspecified atom stereocenters. The van der Waals surface area contributed by atoms with E-state index in [9.17, 15) is 9.36 Å². The van der Waals surface area contributed by atoms with E-state index < -0.39 is 25.3 Å². The monoisotopic (exact) mass is 213 g/mol. The highest BCUT2D eigenvalue weighted by atomic mass is 31.2. The Bertz CT molecular complexity index is 237. The first-order valence-electron chi connectivity index (χ1n) is 3.47. The summed E-state index contributed by atoms with van der Waals surface area (Å²) in [7, 11) is -5.07. The Morgan fingerprint density at radius 1 is 1.46 bits per heavy atom. The van der Waals surface area contributed by atoms with Gasteiger partial charge in [-0.05, 0) is 13.0 Å². The van der Waals surface area contributed by atoms with Crippen LogP contribution in [0, 0.1) is 0 Å². The third-order valence-electron chi connectivity index (χ3n) is 1.55. The number of rotatable bonds is 5. The molecule has 0 rings (SSSR count). The van der Waals surface area contributed by atoms with Crippen molar-refractivity contribution in [2.45, 2.75) is 18.2 Å². The van der Waals surface area contributed by atoms with Crippen molar-refractivity contribution >= 4 is 13.6 Å². The maximum Gasteiger partial charge on any atom is 0.368 e. The maximum atomic E-state index is 10.6. The normalized spacial score (nSPS) is 16.6. The van der Waals surface area contributed by atoms with Crippen LogP contribution in [0.3, 0.4) is 0 Å². The Kier molecular flexibility index (Phi) is 4.02. The van der Waals surface area contributed by atoms with Gasteiger partial charge in [-0.15, -0.1) is 0 Å². The van der Waals surface area contributed by atoms with Gasteiger partial charge in [0, 0.05) is 6.42 Å². The van der Waals surface area contributed by atoms with Crippen molar-refractivity contribution in [3.63, 3.8) is 0 Å². The van der Waals surface area contributed by atoms with E-state index >= 15 is 0 Å². The molecule has 0 radical (unpaired) electrons. The molecule has 8 heteroatoms. The van der Waals surface area contributed by atoms with Gasteiger partial charge in [0.25, 0.3) is 5.34 Å². The molecule has 0 saturated carbocycles. The molecule has 6 N–H and O–H groups in total. The van der Waals surface area contributed by atoms with Crippen LogP contribution in [0.25, 0.3) is 0 Å². The van der Waals surface area contributed by atoms with Crippen LogP contribution in [0.4, 0.5) is 0 Å². The van der Waals surface area contributed by atoms with Gasteiger partial charge in [-0.25, -0.2) is 4.79 Å². The second kappa shape index (κ2) is 4.17. The minimum atomic E-state index is -5.07. The van der Waals surface area contributed by atoms with Gasteiger partial charge in [-0.2, -0.15) is 0 Å². The van der Waals surface area contributed by atoms with Crippen molar-refractivity contribution in [1.82, 2.24) is 0 Å². The number of carbonyl (C=O) groups is 1. The van der Waals surface area contributed by atoms with Crippen LogP contribution in [-0.4, -0.2) is 37.9 Å². The first-order valence-corrected chi connectivity index (χ1v) is 5.08. The Morgan fingerprint density at radius 2 is 1.92 bits per heavy atom. The summed E-state index contributed by atoms with van der Waals surface area (Å²) in [5.41, 5.74) is 5.02. The summed E-state index contributed by atoms with van der Waals surface area (Å²) in [5, 5.41) is 14.5. The average molecular weight is 213 g/mol. The fourth-order valence-electron chi connectivity index (χ4n) is 0.726. The van der Waals surface area contributed by atoms with E-state index in [1.807, 2.05) is 0 Å². The van der Waals surface area contributed by atoms with Gasteiger partial charge in [-0.3, -0.25) is 4.57 Å². The van der Waals surface area contributed by atoms with Gasteiger partial charge < -0.3 is 25.7 Å². The second-order valence-electron chi connectivity index (χ2n) is 2.56. The molecule has 0 saturated heterocycles. The van der Waals surface area contributed by atoms with Crippen LogP contribution in [0.2, 0.25) is 0 Å². The number of aliphatic hydroxyl groups is 1. The molecule has 0 heterocycles. The van der Waals surface area contributed by atoms with Crippen LogP contribution >= 0.6 is 7.60 Å². The molecule has 0 aromatic heterocycles. The summed E-state index contributed by atoms with van der Waals surface area (Å²) in [6.45, 7) is 0.0512. The van der Waals surface area contributed by atoms with Crippen LogP contribution in [-0.2, 0) is 9.36 Å². The predicted octanol–water partition coefficient (Wildman–Crippen LogP) is -1.32. The molecule has 0 spiro atoms. The van der Waals surface area contributed by atoms with E-state index in [-0.39, 0.29) is 13.0 Å². The molecule has 0 fully saturated rings. The zero-order valence-electron chi connectivity index (χ0n) is 6.75. The number of nitrogens with two attached hydrogens (primary N) is 1. The maximum absolute atomic E-state index is 10.6. The molecule has 0 aromatic carbocycles. The molecule has 7 nitrogen and oxygen atoms in total. The predicted molar refractivity (Wildman–Crippen MR) is 42.9 cm³/mol. The standard InChI is InChI=1S/C5H12NO6P/c6-3-1-2-5(9,4(7)8)13(10,11)12/h9H,1-3,6H2,(H,7,8)(H2,10,11,12). The Labute approximate surface area is 74.3 Å². The van der Waals surface area contributed by atoms with E-state index in [0.717, 1.165) is 0 Å². The molecule has 0 aromatic rings. The van der Waals surface area contributed by atoms with Gasteiger partial charge >= 0.3 is 13.6 Å². The van der Waals surface area contributed by atoms with Crippen molar-refractivity contribution in [3.8, 4) is 0 Å². The summed E-state index contributed by atoms with van der Waals surface area (Å²) >= 11 is 0. The summed E-state index contributed by atoms with van der Waals surface area (Å²) in [5.74, 6) is -1.94. The molecule has 13 heavy (non-hydrogen) atoms. The lowest BCUT2D eigenvalue weighted by Gasteiger charge is -2.23. The minimum absolute atomic E-state index is 0.0217. The lowest BCUT2D eigenvalue weighted by Crippen LogP contribution is -2.38. The van der Waals surface area contributed by atoms with Crippen LogP contribution in [0.1, 0.15) is 12.8 Å². The van der Waals surface area contributed by atoms with E-state index in [0.29, 0.717) is 0 Å². The van der Waals surface area contributed by atoms with E-state index in [1.165, 1.54) is 0 Å². The molecule has 0 aliphatic carbocycles. The SMILES string of the molecule is NCCCC(O)(C(=O)O)P(=O)(O)O. The summed E-state index contributed by atoms with van der Waals surface area (Å²) in [6.07, 6.45) is -0.545. The van der Waals surface area contributed by atoms with Gasteiger partial charge in [0.05, 0.1) is 0 Å². The zero-order valence-corrected chi connectivity index (χ0v) is 7.65. The molecule has 0 bridgehead atoms. The fraction of sp³-hybridized carbons (Fsp3) is 0.800. The van der Waals surface area contributed by atoms with Crippen molar-refractivity contribution in [2.75, 3.05) is 6.54 Å². The van der Waals surface area contributed by atoms with Crippen molar-refractivity contribution < 1.29 is 29.4 Å². The number of carboxylic acids is 1. The summed E-state index contributed by atoms with van der Waals surface area (Å²) in [6, 6.07) is 0. The number of carboxylic acid groups (broad SMARTS) is 1. The van der Waals surface area contributed by atoms with Crippen LogP contribution < -0.4 is 5.73 Å². The first kappa shape index (κ1) is 12.5. The molecular weight excluding hydrogens is 201 g/mol. The number of hydrogen-bond acceptors (Lipinski definition) is 4. The Balaban J connectivity index is 4.75. The minimum Gasteiger partial charge on any atom is -0.479 e. The molecule has 0 amide bonds. The van der Waals surface area contributed by atoms with Crippen molar-refractivity contribution in [3.05, 3.63) is 0 Å². The lowest BCUT2D eigenvalue weighted by molar-refractivity contribution is -0.152. The van der Waals surface area contributed by atoms with E-state index in [4.69, 9.17) is 25.7 Å². The summed E-state index contributed by atoms with van der Waals surface area (Å²) < 4.78 is 10.6. The average Bonchev–Trinajstić information content (AvgIpc) is 1.97. The van der Waals surface area contributed by atoms with Gasteiger partial charge in [0.2, 0.25) is 0 Å². The highest BCUT2D eigenvalue weighted by molar-refractivity contribution is 7.54.